The molecule has 0 fully saturated rings. The zero-order valence-corrected chi connectivity index (χ0v) is 8.59. The van der Waals surface area contributed by atoms with Gasteiger partial charge < -0.3 is 15.2 Å². The van der Waals surface area contributed by atoms with Gasteiger partial charge in [-0.3, -0.25) is 0 Å². The summed E-state index contributed by atoms with van der Waals surface area (Å²) in [6, 6.07) is 7.38. The third kappa shape index (κ3) is 1.17. The van der Waals surface area contributed by atoms with Crippen molar-refractivity contribution in [3.05, 3.63) is 42.4 Å². The van der Waals surface area contributed by atoms with Crippen molar-refractivity contribution in [1.82, 2.24) is 9.38 Å². The molecule has 2 aromatic heterocycles. The van der Waals surface area contributed by atoms with Crippen LogP contribution in [0.5, 0.6) is 5.75 Å². The number of benzene rings is 1. The summed E-state index contributed by atoms with van der Waals surface area (Å²) in [5.41, 5.74) is 7.12. The van der Waals surface area contributed by atoms with E-state index in [9.17, 15) is 5.11 Å². The van der Waals surface area contributed by atoms with Gasteiger partial charge in [-0.05, 0) is 17.5 Å². The van der Waals surface area contributed by atoms with Gasteiger partial charge in [-0.1, -0.05) is 12.1 Å². The van der Waals surface area contributed by atoms with E-state index < -0.39 is 0 Å². The number of phenols is 1. The number of pyridine rings is 1. The number of hydrogen-bond acceptors (Lipinski definition) is 3. The molecule has 4 heteroatoms. The molecule has 0 radical (unpaired) electrons. The van der Waals surface area contributed by atoms with Crippen LogP contribution >= 0.6 is 0 Å². The number of nitrogens with zero attached hydrogens (tertiary/aromatic N) is 2. The lowest BCUT2D eigenvalue weighted by molar-refractivity contribution is 0.482. The van der Waals surface area contributed by atoms with Gasteiger partial charge in [0.2, 0.25) is 0 Å². The van der Waals surface area contributed by atoms with Crippen molar-refractivity contribution in [2.24, 2.45) is 5.73 Å². The summed E-state index contributed by atoms with van der Waals surface area (Å²) in [7, 11) is 0. The Morgan fingerprint density at radius 2 is 2.19 bits per heavy atom. The Morgan fingerprint density at radius 1 is 1.31 bits per heavy atom. The fourth-order valence-corrected chi connectivity index (χ4v) is 1.94. The predicted molar refractivity (Wildman–Crippen MR) is 62.3 cm³/mol. The summed E-state index contributed by atoms with van der Waals surface area (Å²) in [6.07, 6.45) is 3.80. The lowest BCUT2D eigenvalue weighted by atomic mass is 10.1. The van der Waals surface area contributed by atoms with Gasteiger partial charge in [0, 0.05) is 18.9 Å². The standard InChI is InChI=1S/C12H11N3O/c13-6-9-7-15-5-4-8-2-1-3-10(16)11(8)12(15)14-9/h1-5,7,16H,6,13H2. The van der Waals surface area contributed by atoms with E-state index in [1.54, 1.807) is 6.07 Å². The summed E-state index contributed by atoms with van der Waals surface area (Å²) >= 11 is 0. The van der Waals surface area contributed by atoms with E-state index >= 15 is 0 Å². The van der Waals surface area contributed by atoms with E-state index in [0.29, 0.717) is 6.54 Å². The number of rotatable bonds is 1. The van der Waals surface area contributed by atoms with Gasteiger partial charge in [-0.25, -0.2) is 4.98 Å². The van der Waals surface area contributed by atoms with Crippen molar-refractivity contribution in [1.29, 1.82) is 0 Å². The van der Waals surface area contributed by atoms with E-state index in [1.807, 2.05) is 35.0 Å². The second-order valence-electron chi connectivity index (χ2n) is 3.72. The molecule has 80 valence electrons. The zero-order chi connectivity index (χ0) is 11.1. The van der Waals surface area contributed by atoms with E-state index in [1.165, 1.54) is 0 Å². The summed E-state index contributed by atoms with van der Waals surface area (Å²) < 4.78 is 1.88. The van der Waals surface area contributed by atoms with E-state index in [0.717, 1.165) is 22.1 Å². The normalized spacial score (nSPS) is 11.3. The minimum Gasteiger partial charge on any atom is -0.507 e. The maximum atomic E-state index is 9.87. The van der Waals surface area contributed by atoms with Crippen LogP contribution in [0.3, 0.4) is 0 Å². The van der Waals surface area contributed by atoms with Crippen LogP contribution in [0.2, 0.25) is 0 Å². The summed E-state index contributed by atoms with van der Waals surface area (Å²) in [5, 5.41) is 11.6. The molecule has 16 heavy (non-hydrogen) atoms. The van der Waals surface area contributed by atoms with Crippen LogP contribution in [-0.2, 0) is 6.54 Å². The first-order valence-corrected chi connectivity index (χ1v) is 5.08. The van der Waals surface area contributed by atoms with Gasteiger partial charge in [-0.2, -0.15) is 0 Å². The average Bonchev–Trinajstić information content (AvgIpc) is 2.72. The fraction of sp³-hybridized carbons (Fsp3) is 0.0833. The topological polar surface area (TPSA) is 63.5 Å². The van der Waals surface area contributed by atoms with Gasteiger partial charge >= 0.3 is 0 Å². The van der Waals surface area contributed by atoms with Crippen LogP contribution in [0.25, 0.3) is 16.4 Å². The lowest BCUT2D eigenvalue weighted by Gasteiger charge is -2.02. The Morgan fingerprint density at radius 3 is 3.00 bits per heavy atom. The number of nitrogens with two attached hydrogens (primary N) is 1. The Kier molecular flexibility index (Phi) is 1.84. The van der Waals surface area contributed by atoms with Crippen molar-refractivity contribution in [2.45, 2.75) is 6.54 Å². The highest BCUT2D eigenvalue weighted by atomic mass is 16.3. The maximum absolute atomic E-state index is 9.87. The predicted octanol–water partition coefficient (Wildman–Crippen LogP) is 1.65. The van der Waals surface area contributed by atoms with Crippen LogP contribution in [0.4, 0.5) is 0 Å². The smallest absolute Gasteiger partial charge is 0.148 e. The van der Waals surface area contributed by atoms with Gasteiger partial charge in [0.1, 0.15) is 11.4 Å². The molecule has 0 amide bonds. The number of phenolic OH excluding ortho intramolecular Hbond substituents is 1. The molecule has 0 atom stereocenters. The SMILES string of the molecule is NCc1cn2ccc3cccc(O)c3c2n1. The Balaban J connectivity index is 2.51. The van der Waals surface area contributed by atoms with Gasteiger partial charge in [0.15, 0.2) is 0 Å². The second-order valence-corrected chi connectivity index (χ2v) is 3.72. The average molecular weight is 213 g/mol. The minimum absolute atomic E-state index is 0.247. The van der Waals surface area contributed by atoms with Crippen molar-refractivity contribution in [2.75, 3.05) is 0 Å². The van der Waals surface area contributed by atoms with E-state index in [2.05, 4.69) is 4.98 Å². The Labute approximate surface area is 91.9 Å². The Bertz CT molecular complexity index is 672. The highest BCUT2D eigenvalue weighted by Gasteiger charge is 2.07. The number of hydrogen-bond donors (Lipinski definition) is 2. The van der Waals surface area contributed by atoms with Crippen LogP contribution in [0, 0.1) is 0 Å². The van der Waals surface area contributed by atoms with Gasteiger partial charge in [0.05, 0.1) is 11.1 Å². The molecular weight excluding hydrogens is 202 g/mol. The second kappa shape index (κ2) is 3.21. The van der Waals surface area contributed by atoms with Crippen molar-refractivity contribution < 1.29 is 5.11 Å². The highest BCUT2D eigenvalue weighted by Crippen LogP contribution is 2.27. The number of fused-ring (bicyclic) bond motifs is 3. The maximum Gasteiger partial charge on any atom is 0.148 e. The molecule has 0 saturated heterocycles. The monoisotopic (exact) mass is 213 g/mol. The first kappa shape index (κ1) is 9.18. The van der Waals surface area contributed by atoms with Crippen molar-refractivity contribution in [3.8, 4) is 5.75 Å². The number of aromatic hydroxyl groups is 1. The molecule has 0 aliphatic heterocycles. The van der Waals surface area contributed by atoms with Crippen LogP contribution < -0.4 is 5.73 Å². The summed E-state index contributed by atoms with van der Waals surface area (Å²) in [4.78, 5) is 4.40. The fourth-order valence-electron chi connectivity index (χ4n) is 1.94. The van der Waals surface area contributed by atoms with Gasteiger partial charge in [-0.15, -0.1) is 0 Å². The molecule has 0 bridgehead atoms. The molecule has 2 heterocycles. The highest BCUT2D eigenvalue weighted by molar-refractivity contribution is 5.98. The van der Waals surface area contributed by atoms with E-state index in [4.69, 9.17) is 5.73 Å². The number of aromatic nitrogens is 2. The first-order valence-electron chi connectivity index (χ1n) is 5.08. The first-order chi connectivity index (χ1) is 7.79. The largest absolute Gasteiger partial charge is 0.507 e. The minimum atomic E-state index is 0.247. The number of imidazole rings is 1. The molecule has 0 spiro atoms. The van der Waals surface area contributed by atoms with Crippen LogP contribution in [-0.4, -0.2) is 14.5 Å². The molecule has 0 unspecified atom stereocenters. The molecule has 1 aromatic carbocycles. The molecule has 3 rings (SSSR count). The quantitative estimate of drug-likeness (QED) is 0.646. The molecule has 3 N–H and O–H groups in total. The molecule has 0 aliphatic carbocycles. The Hall–Kier alpha value is -2.07. The van der Waals surface area contributed by atoms with Crippen LogP contribution in [0.1, 0.15) is 5.69 Å². The van der Waals surface area contributed by atoms with Crippen molar-refractivity contribution >= 4 is 16.4 Å². The molecule has 4 nitrogen and oxygen atoms in total. The third-order valence-corrected chi connectivity index (χ3v) is 2.70. The lowest BCUT2D eigenvalue weighted by Crippen LogP contribution is -1.95. The van der Waals surface area contributed by atoms with E-state index in [-0.39, 0.29) is 5.75 Å². The molecular formula is C12H11N3O. The van der Waals surface area contributed by atoms with Crippen molar-refractivity contribution in [3.63, 3.8) is 0 Å². The zero-order valence-electron chi connectivity index (χ0n) is 8.59. The molecule has 0 saturated carbocycles. The molecule has 3 aromatic rings. The van der Waals surface area contributed by atoms with Crippen LogP contribution in [0.15, 0.2) is 36.7 Å². The summed E-state index contributed by atoms with van der Waals surface area (Å²) in [6.45, 7) is 0.400. The van der Waals surface area contributed by atoms with Gasteiger partial charge in [0.25, 0.3) is 0 Å². The third-order valence-electron chi connectivity index (χ3n) is 2.70. The molecule has 0 aliphatic rings. The summed E-state index contributed by atoms with van der Waals surface area (Å²) in [5.74, 6) is 0.247.